The van der Waals surface area contributed by atoms with Gasteiger partial charge in [0.15, 0.2) is 11.5 Å². The maximum Gasteiger partial charge on any atom is 0.490 e. The standard InChI is InChI=1S/C12H16N5O12P3/c13-11-9-12(15-4-14-11)17(5-16-9)8-3-7(10(26-8)6-1-2-25-6)27-31(21,22)29-32(23,24)28-30(18,19)20/h1-2,4-8,10H,3H2,(H,21,22)(H,23,24)(H2,13,14,15)(H2,18,19,20)/t6?,7-,8+,10+/m0/s1. The number of phosphoric acid groups is 3. The zero-order valence-electron chi connectivity index (χ0n) is 15.6. The lowest BCUT2D eigenvalue weighted by Crippen LogP contribution is -2.38. The second-order valence-electron chi connectivity index (χ2n) is 6.54. The van der Waals surface area contributed by atoms with Gasteiger partial charge >= 0.3 is 23.5 Å². The van der Waals surface area contributed by atoms with Crippen molar-refractivity contribution in [3.8, 4) is 0 Å². The van der Waals surface area contributed by atoms with Crippen LogP contribution in [0.1, 0.15) is 12.6 Å². The van der Waals surface area contributed by atoms with E-state index in [1.807, 2.05) is 0 Å². The summed E-state index contributed by atoms with van der Waals surface area (Å²) in [5.41, 5.74) is 6.37. The van der Waals surface area contributed by atoms with E-state index in [1.54, 1.807) is 6.08 Å². The minimum Gasteiger partial charge on any atom is -0.491 e. The maximum absolute atomic E-state index is 12.3. The molecule has 0 saturated carbocycles. The molecule has 6 atom stereocenters. The Morgan fingerprint density at radius 3 is 2.44 bits per heavy atom. The molecule has 0 aromatic carbocycles. The number of imidazole rings is 1. The van der Waals surface area contributed by atoms with Gasteiger partial charge in [0.05, 0.1) is 12.6 Å². The fraction of sp³-hybridized carbons (Fsp3) is 0.417. The number of hydrogen-bond acceptors (Lipinski definition) is 12. The first-order valence-electron chi connectivity index (χ1n) is 8.56. The topological polar surface area (TPSA) is 248 Å². The Morgan fingerprint density at radius 1 is 1.09 bits per heavy atom. The molecule has 0 aliphatic carbocycles. The van der Waals surface area contributed by atoms with Gasteiger partial charge < -0.3 is 34.8 Å². The molecule has 176 valence electrons. The predicted octanol–water partition coefficient (Wildman–Crippen LogP) is 0.320. The first-order valence-corrected chi connectivity index (χ1v) is 13.1. The zero-order chi connectivity index (χ0) is 23.3. The van der Waals surface area contributed by atoms with Gasteiger partial charge in [0.1, 0.15) is 36.4 Å². The van der Waals surface area contributed by atoms with Crippen LogP contribution in [0.5, 0.6) is 0 Å². The lowest BCUT2D eigenvalue weighted by molar-refractivity contribution is -0.0809. The minimum atomic E-state index is -5.66. The van der Waals surface area contributed by atoms with E-state index in [0.29, 0.717) is 11.2 Å². The zero-order valence-corrected chi connectivity index (χ0v) is 18.3. The second-order valence-corrected chi connectivity index (χ2v) is 10.9. The minimum absolute atomic E-state index is 0.100. The quantitative estimate of drug-likeness (QED) is 0.297. The molecular formula is C12H16N5O12P3. The summed E-state index contributed by atoms with van der Waals surface area (Å²) in [7, 11) is -16.6. The molecule has 4 rings (SSSR count). The van der Waals surface area contributed by atoms with Crippen LogP contribution in [0.15, 0.2) is 25.0 Å². The van der Waals surface area contributed by atoms with Crippen LogP contribution in [0, 0.1) is 0 Å². The monoisotopic (exact) mass is 515 g/mol. The van der Waals surface area contributed by atoms with Crippen molar-refractivity contribution < 1.29 is 55.9 Å². The van der Waals surface area contributed by atoms with Gasteiger partial charge in [-0.1, -0.05) is 0 Å². The number of hydrogen-bond donors (Lipinski definition) is 5. The van der Waals surface area contributed by atoms with Crippen LogP contribution >= 0.6 is 23.5 Å². The number of ether oxygens (including phenoxy) is 2. The van der Waals surface area contributed by atoms with Crippen molar-refractivity contribution in [1.29, 1.82) is 0 Å². The van der Waals surface area contributed by atoms with Gasteiger partial charge in [-0.25, -0.2) is 28.6 Å². The SMILES string of the molecule is Nc1ncnc2c1ncn2[C@H]1C[C@H](OP(=O)(O)OP(=O)(O)OP(=O)(O)O)[C@@H](C2C=CO2)O1. The number of rotatable bonds is 8. The molecule has 0 spiro atoms. The van der Waals surface area contributed by atoms with Gasteiger partial charge in [0, 0.05) is 6.42 Å². The number of fused-ring (bicyclic) bond motifs is 1. The summed E-state index contributed by atoms with van der Waals surface area (Å²) < 4.78 is 59.7. The molecule has 3 unspecified atom stereocenters. The Hall–Kier alpha value is -1.74. The van der Waals surface area contributed by atoms with Gasteiger partial charge in [0.2, 0.25) is 0 Å². The fourth-order valence-corrected chi connectivity index (χ4v) is 6.34. The molecule has 2 aliphatic heterocycles. The van der Waals surface area contributed by atoms with Crippen molar-refractivity contribution in [2.45, 2.75) is 31.0 Å². The second kappa shape index (κ2) is 8.24. The molecule has 0 amide bonds. The molecule has 32 heavy (non-hydrogen) atoms. The lowest BCUT2D eigenvalue weighted by Gasteiger charge is -2.29. The molecule has 2 aliphatic rings. The Balaban J connectivity index is 1.55. The Morgan fingerprint density at radius 2 is 1.81 bits per heavy atom. The molecule has 4 heterocycles. The number of anilines is 1. The first-order chi connectivity index (χ1) is 14.8. The largest absolute Gasteiger partial charge is 0.491 e. The third kappa shape index (κ3) is 5.09. The number of nitrogen functional groups attached to an aromatic ring is 1. The third-order valence-corrected chi connectivity index (χ3v) is 8.19. The summed E-state index contributed by atoms with van der Waals surface area (Å²) in [6.45, 7) is 0. The number of aromatic nitrogens is 4. The van der Waals surface area contributed by atoms with Crippen LogP contribution in [0.3, 0.4) is 0 Å². The van der Waals surface area contributed by atoms with Crippen molar-refractivity contribution in [1.82, 2.24) is 19.5 Å². The predicted molar refractivity (Wildman–Crippen MR) is 101 cm³/mol. The van der Waals surface area contributed by atoms with Gasteiger partial charge in [-0.15, -0.1) is 0 Å². The normalized spacial score (nSPS) is 29.2. The molecule has 1 fully saturated rings. The van der Waals surface area contributed by atoms with Crippen molar-refractivity contribution in [3.05, 3.63) is 25.0 Å². The fourth-order valence-electron chi connectivity index (χ4n) is 3.14. The average Bonchev–Trinajstić information content (AvgIpc) is 3.15. The van der Waals surface area contributed by atoms with E-state index in [4.69, 9.17) is 29.5 Å². The van der Waals surface area contributed by atoms with Crippen molar-refractivity contribution in [2.75, 3.05) is 5.73 Å². The van der Waals surface area contributed by atoms with Gasteiger partial charge in [-0.3, -0.25) is 9.09 Å². The summed E-state index contributed by atoms with van der Waals surface area (Å²) in [6.07, 6.45) is 1.66. The summed E-state index contributed by atoms with van der Waals surface area (Å²) in [5, 5.41) is 0. The highest BCUT2D eigenvalue weighted by Gasteiger charge is 2.49. The highest BCUT2D eigenvalue weighted by atomic mass is 31.3. The van der Waals surface area contributed by atoms with Crippen LogP contribution in [0.4, 0.5) is 5.82 Å². The first kappa shape index (κ1) is 23.4. The van der Waals surface area contributed by atoms with Crippen LogP contribution in [0.2, 0.25) is 0 Å². The molecule has 20 heteroatoms. The molecule has 1 saturated heterocycles. The molecular weight excluding hydrogens is 499 g/mol. The number of nitrogens with two attached hydrogens (primary N) is 1. The Kier molecular flexibility index (Phi) is 6.03. The smallest absolute Gasteiger partial charge is 0.490 e. The molecule has 0 radical (unpaired) electrons. The van der Waals surface area contributed by atoms with Gasteiger partial charge in [-0.2, -0.15) is 8.62 Å². The van der Waals surface area contributed by atoms with Crippen LogP contribution < -0.4 is 5.73 Å². The van der Waals surface area contributed by atoms with E-state index in [2.05, 4.69) is 23.6 Å². The molecule has 2 aromatic heterocycles. The Bertz CT molecular complexity index is 1200. The van der Waals surface area contributed by atoms with Crippen molar-refractivity contribution in [3.63, 3.8) is 0 Å². The molecule has 0 bridgehead atoms. The van der Waals surface area contributed by atoms with E-state index < -0.39 is 48.0 Å². The summed E-state index contributed by atoms with van der Waals surface area (Å²) >= 11 is 0. The molecule has 6 N–H and O–H groups in total. The third-order valence-electron chi connectivity index (χ3n) is 4.32. The van der Waals surface area contributed by atoms with E-state index in [0.717, 1.165) is 0 Å². The average molecular weight is 515 g/mol. The summed E-state index contributed by atoms with van der Waals surface area (Å²) in [5.74, 6) is 0.123. The number of phosphoric ester groups is 1. The van der Waals surface area contributed by atoms with E-state index in [9.17, 15) is 23.5 Å². The maximum atomic E-state index is 12.3. The van der Waals surface area contributed by atoms with E-state index in [1.165, 1.54) is 23.5 Å². The van der Waals surface area contributed by atoms with E-state index in [-0.39, 0.29) is 12.2 Å². The van der Waals surface area contributed by atoms with Crippen LogP contribution in [-0.4, -0.2) is 57.4 Å². The van der Waals surface area contributed by atoms with Crippen LogP contribution in [-0.2, 0) is 36.3 Å². The highest BCUT2D eigenvalue weighted by Crippen LogP contribution is 2.67. The van der Waals surface area contributed by atoms with Crippen LogP contribution in [0.25, 0.3) is 11.2 Å². The Labute approximate surface area is 178 Å². The molecule has 17 nitrogen and oxygen atoms in total. The summed E-state index contributed by atoms with van der Waals surface area (Å²) in [6, 6.07) is 0. The van der Waals surface area contributed by atoms with Gasteiger partial charge in [-0.05, 0) is 6.08 Å². The van der Waals surface area contributed by atoms with Crippen molar-refractivity contribution in [2.24, 2.45) is 0 Å². The van der Waals surface area contributed by atoms with Crippen molar-refractivity contribution >= 4 is 40.4 Å². The highest BCUT2D eigenvalue weighted by molar-refractivity contribution is 7.66. The lowest BCUT2D eigenvalue weighted by atomic mass is 10.1. The van der Waals surface area contributed by atoms with E-state index >= 15 is 0 Å². The van der Waals surface area contributed by atoms with Gasteiger partial charge in [0.25, 0.3) is 0 Å². The molecule has 2 aromatic rings. The summed E-state index contributed by atoms with van der Waals surface area (Å²) in [4.78, 5) is 48.5. The number of nitrogens with zero attached hydrogens (tertiary/aromatic N) is 4.